The van der Waals surface area contributed by atoms with E-state index in [2.05, 4.69) is 50.5 Å². The Morgan fingerprint density at radius 3 is 2.81 bits per heavy atom. The lowest BCUT2D eigenvalue weighted by Crippen LogP contribution is -2.00. The van der Waals surface area contributed by atoms with Gasteiger partial charge < -0.3 is 5.32 Å². The van der Waals surface area contributed by atoms with Crippen LogP contribution in [0.3, 0.4) is 0 Å². The number of anilines is 1. The van der Waals surface area contributed by atoms with E-state index in [4.69, 9.17) is 11.6 Å². The molecule has 2 nitrogen and oxygen atoms in total. The summed E-state index contributed by atoms with van der Waals surface area (Å²) < 4.78 is 1.00. The Hall–Kier alpha value is -1.58. The fraction of sp³-hybridized carbons (Fsp3) is 0.118. The Labute approximate surface area is 137 Å². The number of benzene rings is 2. The highest BCUT2D eigenvalue weighted by atomic mass is 79.9. The Balaban J connectivity index is 1.82. The molecule has 1 aromatic heterocycles. The number of fused-ring (bicyclic) bond motifs is 1. The summed E-state index contributed by atoms with van der Waals surface area (Å²) in [6.07, 6.45) is 0. The molecule has 1 N–H and O–H groups in total. The highest BCUT2D eigenvalue weighted by Crippen LogP contribution is 2.26. The third-order valence-corrected chi connectivity index (χ3v) is 4.23. The van der Waals surface area contributed by atoms with E-state index >= 15 is 0 Å². The molecular formula is C17H14BrClN2. The Bertz CT molecular complexity index is 802. The zero-order valence-electron chi connectivity index (χ0n) is 11.5. The average molecular weight is 362 g/mol. The second kappa shape index (κ2) is 6.04. The van der Waals surface area contributed by atoms with Gasteiger partial charge in [0.1, 0.15) is 0 Å². The molecule has 0 saturated heterocycles. The minimum Gasteiger partial charge on any atom is -0.380 e. The SMILES string of the molecule is Cc1ccc2cc(CNc3cc(Cl)ccc3Br)ccc2n1. The van der Waals surface area contributed by atoms with Crippen molar-refractivity contribution in [3.05, 3.63) is 69.3 Å². The molecule has 0 aliphatic rings. The maximum absolute atomic E-state index is 6.02. The van der Waals surface area contributed by atoms with Crippen LogP contribution >= 0.6 is 27.5 Å². The first kappa shape index (κ1) is 14.4. The van der Waals surface area contributed by atoms with Crippen molar-refractivity contribution < 1.29 is 0 Å². The number of halogens is 2. The number of aryl methyl sites for hydroxylation is 1. The van der Waals surface area contributed by atoms with Crippen LogP contribution in [0.1, 0.15) is 11.3 Å². The fourth-order valence-electron chi connectivity index (χ4n) is 2.22. The van der Waals surface area contributed by atoms with Crippen LogP contribution < -0.4 is 5.32 Å². The fourth-order valence-corrected chi connectivity index (χ4v) is 2.78. The number of nitrogens with zero attached hydrogens (tertiary/aromatic N) is 1. The summed E-state index contributed by atoms with van der Waals surface area (Å²) >= 11 is 9.54. The van der Waals surface area contributed by atoms with Crippen molar-refractivity contribution in [3.63, 3.8) is 0 Å². The van der Waals surface area contributed by atoms with Crippen molar-refractivity contribution in [2.24, 2.45) is 0 Å². The molecule has 0 fully saturated rings. The molecule has 1 heterocycles. The van der Waals surface area contributed by atoms with Gasteiger partial charge in [-0.25, -0.2) is 0 Å². The van der Waals surface area contributed by atoms with Gasteiger partial charge in [0, 0.05) is 27.1 Å². The van der Waals surface area contributed by atoms with Crippen LogP contribution in [0, 0.1) is 6.92 Å². The monoisotopic (exact) mass is 360 g/mol. The molecule has 3 aromatic rings. The Morgan fingerprint density at radius 2 is 1.95 bits per heavy atom. The molecule has 2 aromatic carbocycles. The Kier molecular flexibility index (Phi) is 4.13. The molecule has 0 atom stereocenters. The first-order valence-corrected chi connectivity index (χ1v) is 7.84. The van der Waals surface area contributed by atoms with Crippen LogP contribution in [0.25, 0.3) is 10.9 Å². The van der Waals surface area contributed by atoms with E-state index in [1.54, 1.807) is 0 Å². The van der Waals surface area contributed by atoms with E-state index in [0.717, 1.165) is 38.3 Å². The van der Waals surface area contributed by atoms with Crippen LogP contribution in [0.4, 0.5) is 5.69 Å². The number of aromatic nitrogens is 1. The van der Waals surface area contributed by atoms with E-state index in [0.29, 0.717) is 0 Å². The van der Waals surface area contributed by atoms with Gasteiger partial charge >= 0.3 is 0 Å². The molecule has 0 aliphatic carbocycles. The van der Waals surface area contributed by atoms with Crippen LogP contribution in [0.2, 0.25) is 5.02 Å². The topological polar surface area (TPSA) is 24.9 Å². The third kappa shape index (κ3) is 3.36. The summed E-state index contributed by atoms with van der Waals surface area (Å²) in [4.78, 5) is 4.52. The second-order valence-corrected chi connectivity index (χ2v) is 6.25. The normalized spacial score (nSPS) is 10.8. The van der Waals surface area contributed by atoms with Crippen molar-refractivity contribution >= 4 is 44.1 Å². The number of hydrogen-bond acceptors (Lipinski definition) is 2. The van der Waals surface area contributed by atoms with Gasteiger partial charge in [-0.3, -0.25) is 4.98 Å². The molecule has 0 spiro atoms. The maximum Gasteiger partial charge on any atom is 0.0705 e. The lowest BCUT2D eigenvalue weighted by atomic mass is 10.1. The van der Waals surface area contributed by atoms with E-state index in [1.807, 2.05) is 31.2 Å². The van der Waals surface area contributed by atoms with E-state index < -0.39 is 0 Å². The highest BCUT2D eigenvalue weighted by Gasteiger charge is 2.02. The zero-order valence-corrected chi connectivity index (χ0v) is 13.9. The summed E-state index contributed by atoms with van der Waals surface area (Å²) in [7, 11) is 0. The first-order valence-electron chi connectivity index (χ1n) is 6.67. The molecule has 106 valence electrons. The first-order chi connectivity index (χ1) is 10.1. The molecule has 21 heavy (non-hydrogen) atoms. The third-order valence-electron chi connectivity index (χ3n) is 3.30. The molecule has 4 heteroatoms. The van der Waals surface area contributed by atoms with Gasteiger partial charge in [0.25, 0.3) is 0 Å². The Morgan fingerprint density at radius 1 is 1.10 bits per heavy atom. The maximum atomic E-state index is 6.02. The minimum atomic E-state index is 0.721. The average Bonchev–Trinajstić information content (AvgIpc) is 2.48. The summed E-state index contributed by atoms with van der Waals surface area (Å²) in [5.41, 5.74) is 4.27. The molecule has 0 radical (unpaired) electrons. The minimum absolute atomic E-state index is 0.721. The molecular weight excluding hydrogens is 348 g/mol. The van der Waals surface area contributed by atoms with Crippen molar-refractivity contribution in [3.8, 4) is 0 Å². The van der Waals surface area contributed by atoms with E-state index in [1.165, 1.54) is 5.56 Å². The van der Waals surface area contributed by atoms with Gasteiger partial charge in [-0.1, -0.05) is 23.7 Å². The van der Waals surface area contributed by atoms with Crippen LogP contribution in [-0.2, 0) is 6.54 Å². The smallest absolute Gasteiger partial charge is 0.0705 e. The van der Waals surface area contributed by atoms with Gasteiger partial charge in [0.15, 0.2) is 0 Å². The zero-order chi connectivity index (χ0) is 14.8. The molecule has 0 aliphatic heterocycles. The lowest BCUT2D eigenvalue weighted by Gasteiger charge is -2.10. The molecule has 0 unspecified atom stereocenters. The predicted octanol–water partition coefficient (Wildman–Crippen LogP) is 5.57. The lowest BCUT2D eigenvalue weighted by molar-refractivity contribution is 1.15. The summed E-state index contributed by atoms with van der Waals surface area (Å²) in [5, 5.41) is 5.27. The molecule has 0 bridgehead atoms. The number of hydrogen-bond donors (Lipinski definition) is 1. The van der Waals surface area contributed by atoms with Crippen LogP contribution in [-0.4, -0.2) is 4.98 Å². The standard InChI is InChI=1S/C17H14BrClN2/c1-11-2-4-13-8-12(3-7-16(13)21-11)10-20-17-9-14(19)5-6-15(17)18/h2-9,20H,10H2,1H3. The van der Waals surface area contributed by atoms with E-state index in [9.17, 15) is 0 Å². The molecule has 0 saturated carbocycles. The van der Waals surface area contributed by atoms with Gasteiger partial charge in [0.2, 0.25) is 0 Å². The molecule has 0 amide bonds. The predicted molar refractivity (Wildman–Crippen MR) is 93.0 cm³/mol. The number of pyridine rings is 1. The number of rotatable bonds is 3. The van der Waals surface area contributed by atoms with Crippen molar-refractivity contribution in [1.82, 2.24) is 4.98 Å². The second-order valence-electron chi connectivity index (χ2n) is 4.96. The van der Waals surface area contributed by atoms with Crippen LogP contribution in [0.5, 0.6) is 0 Å². The van der Waals surface area contributed by atoms with Gasteiger partial charge in [-0.2, -0.15) is 0 Å². The highest BCUT2D eigenvalue weighted by molar-refractivity contribution is 9.10. The van der Waals surface area contributed by atoms with Gasteiger partial charge in [-0.05, 0) is 64.8 Å². The van der Waals surface area contributed by atoms with Crippen molar-refractivity contribution in [2.45, 2.75) is 13.5 Å². The van der Waals surface area contributed by atoms with Gasteiger partial charge in [0.05, 0.1) is 11.2 Å². The molecule has 3 rings (SSSR count). The van der Waals surface area contributed by atoms with Gasteiger partial charge in [-0.15, -0.1) is 0 Å². The summed E-state index contributed by atoms with van der Waals surface area (Å²) in [6.45, 7) is 2.74. The summed E-state index contributed by atoms with van der Waals surface area (Å²) in [5.74, 6) is 0. The van der Waals surface area contributed by atoms with Crippen molar-refractivity contribution in [1.29, 1.82) is 0 Å². The quantitative estimate of drug-likeness (QED) is 0.659. The van der Waals surface area contributed by atoms with E-state index in [-0.39, 0.29) is 0 Å². The van der Waals surface area contributed by atoms with Crippen LogP contribution in [0.15, 0.2) is 53.0 Å². The number of nitrogens with one attached hydrogen (secondary N) is 1. The summed E-state index contributed by atoms with van der Waals surface area (Å²) in [6, 6.07) is 16.2. The largest absolute Gasteiger partial charge is 0.380 e. The van der Waals surface area contributed by atoms with Crippen molar-refractivity contribution in [2.75, 3.05) is 5.32 Å².